The molecule has 4 heterocycles. The molecule has 3 aliphatic rings. The van der Waals surface area contributed by atoms with E-state index in [0.29, 0.717) is 75.8 Å². The summed E-state index contributed by atoms with van der Waals surface area (Å²) in [6, 6.07) is 11.1. The lowest BCUT2D eigenvalue weighted by molar-refractivity contribution is -0.138. The monoisotopic (exact) mass is 562 g/mol. The minimum atomic E-state index is -0.0950. The lowest BCUT2D eigenvalue weighted by Gasteiger charge is -2.36. The third-order valence-electron chi connectivity index (χ3n) is 8.48. The van der Waals surface area contributed by atoms with Gasteiger partial charge in [0, 0.05) is 75.1 Å². The Morgan fingerprint density at radius 1 is 0.878 bits per heavy atom. The number of hydrogen-bond acceptors (Lipinski definition) is 7. The Labute approximate surface area is 242 Å². The van der Waals surface area contributed by atoms with Crippen molar-refractivity contribution in [1.29, 1.82) is 0 Å². The molecule has 2 N–H and O–H groups in total. The highest BCUT2D eigenvalue weighted by molar-refractivity contribution is 5.98. The van der Waals surface area contributed by atoms with E-state index in [0.717, 1.165) is 24.3 Å². The number of carbonyl (C=O) groups excluding carboxylic acids is 3. The number of benzene rings is 1. The van der Waals surface area contributed by atoms with E-state index in [1.807, 2.05) is 21.9 Å². The van der Waals surface area contributed by atoms with Crippen molar-refractivity contribution < 1.29 is 19.5 Å². The van der Waals surface area contributed by atoms with Crippen LogP contribution in [0.2, 0.25) is 0 Å². The molecule has 0 bridgehead atoms. The highest BCUT2D eigenvalue weighted by Crippen LogP contribution is 2.27. The van der Waals surface area contributed by atoms with E-state index in [1.165, 1.54) is 0 Å². The predicted octanol–water partition coefficient (Wildman–Crippen LogP) is 2.70. The quantitative estimate of drug-likeness (QED) is 0.534. The van der Waals surface area contributed by atoms with Crippen LogP contribution in [0.4, 0.5) is 11.5 Å². The lowest BCUT2D eigenvalue weighted by Crippen LogP contribution is -2.49. The zero-order valence-electron chi connectivity index (χ0n) is 24.2. The molecule has 1 aromatic heterocycles. The second kappa shape index (κ2) is 12.9. The Kier molecular flexibility index (Phi) is 9.07. The first kappa shape index (κ1) is 28.9. The summed E-state index contributed by atoms with van der Waals surface area (Å²) >= 11 is 0. The average molecular weight is 563 g/mol. The topological polar surface area (TPSA) is 109 Å². The minimum absolute atomic E-state index is 0.0138. The van der Waals surface area contributed by atoms with Gasteiger partial charge >= 0.3 is 0 Å². The number of aliphatic hydroxyl groups excluding tert-OH is 1. The Morgan fingerprint density at radius 3 is 2.07 bits per heavy atom. The molecule has 3 saturated heterocycles. The first-order valence-corrected chi connectivity index (χ1v) is 14.9. The van der Waals surface area contributed by atoms with Crippen molar-refractivity contribution in [2.75, 3.05) is 62.6 Å². The summed E-state index contributed by atoms with van der Waals surface area (Å²) in [4.78, 5) is 51.6. The van der Waals surface area contributed by atoms with Crippen molar-refractivity contribution >= 4 is 29.2 Å². The zero-order valence-corrected chi connectivity index (χ0v) is 24.2. The number of rotatable bonds is 7. The van der Waals surface area contributed by atoms with Crippen molar-refractivity contribution in [2.45, 2.75) is 51.6 Å². The maximum absolute atomic E-state index is 13.2. The molecule has 0 spiro atoms. The van der Waals surface area contributed by atoms with Gasteiger partial charge in [0.05, 0.1) is 18.3 Å². The number of hydrogen-bond donors (Lipinski definition) is 2. The van der Waals surface area contributed by atoms with Gasteiger partial charge in [0.1, 0.15) is 0 Å². The Morgan fingerprint density at radius 2 is 1.49 bits per heavy atom. The molecule has 0 unspecified atom stereocenters. The molecular formula is C31H42N6O4. The number of aromatic nitrogens is 1. The van der Waals surface area contributed by atoms with Crippen LogP contribution in [0.3, 0.4) is 0 Å². The summed E-state index contributed by atoms with van der Waals surface area (Å²) in [6.45, 7) is 8.58. The third-order valence-corrected chi connectivity index (χ3v) is 8.48. The summed E-state index contributed by atoms with van der Waals surface area (Å²) in [7, 11) is 0. The van der Waals surface area contributed by atoms with Gasteiger partial charge in [-0.15, -0.1) is 0 Å². The SMILES string of the molecule is CC(C)Nc1cccnc1N1CCN(C(=O)c2ccc(C(=O)N3CCC(C(=O)N4CCC[C@H]4CO)CC3)cc2)CC1. The minimum Gasteiger partial charge on any atom is -0.394 e. The van der Waals surface area contributed by atoms with Crippen LogP contribution in [-0.4, -0.2) is 107 Å². The molecule has 3 fully saturated rings. The Balaban J connectivity index is 1.12. The first-order chi connectivity index (χ1) is 19.9. The van der Waals surface area contributed by atoms with Crippen LogP contribution in [0.5, 0.6) is 0 Å². The second-order valence-corrected chi connectivity index (χ2v) is 11.6. The number of carbonyl (C=O) groups is 3. The van der Waals surface area contributed by atoms with Crippen LogP contribution in [-0.2, 0) is 4.79 Å². The molecule has 2 aromatic rings. The van der Waals surface area contributed by atoms with Crippen molar-refractivity contribution in [2.24, 2.45) is 5.92 Å². The summed E-state index contributed by atoms with van der Waals surface area (Å²) in [5.41, 5.74) is 2.13. The van der Waals surface area contributed by atoms with E-state index in [-0.39, 0.29) is 36.3 Å². The molecule has 3 aliphatic heterocycles. The lowest BCUT2D eigenvalue weighted by atomic mass is 9.94. The fraction of sp³-hybridized carbons (Fsp3) is 0.548. The summed E-state index contributed by atoms with van der Waals surface area (Å²) in [5.74, 6) is 0.828. The maximum atomic E-state index is 13.2. The number of piperazine rings is 1. The zero-order chi connectivity index (χ0) is 28.9. The van der Waals surface area contributed by atoms with E-state index >= 15 is 0 Å². The molecule has 5 rings (SSSR count). The normalized spacial score (nSPS) is 20.0. The molecule has 1 atom stereocenters. The number of piperidine rings is 1. The van der Waals surface area contributed by atoms with Crippen LogP contribution in [0.1, 0.15) is 60.2 Å². The number of aliphatic hydroxyl groups is 1. The van der Waals surface area contributed by atoms with E-state index in [9.17, 15) is 19.5 Å². The molecule has 41 heavy (non-hydrogen) atoms. The largest absolute Gasteiger partial charge is 0.394 e. The van der Waals surface area contributed by atoms with Gasteiger partial charge in [0.2, 0.25) is 5.91 Å². The first-order valence-electron chi connectivity index (χ1n) is 14.9. The van der Waals surface area contributed by atoms with Gasteiger partial charge < -0.3 is 30.0 Å². The highest BCUT2D eigenvalue weighted by Gasteiger charge is 2.35. The molecule has 1 aromatic carbocycles. The third kappa shape index (κ3) is 6.48. The summed E-state index contributed by atoms with van der Waals surface area (Å²) < 4.78 is 0. The Hall–Kier alpha value is -3.66. The molecule has 10 nitrogen and oxygen atoms in total. The van der Waals surface area contributed by atoms with Crippen molar-refractivity contribution in [3.05, 3.63) is 53.7 Å². The number of nitrogens with zero attached hydrogens (tertiary/aromatic N) is 5. The number of amides is 3. The van der Waals surface area contributed by atoms with E-state index in [4.69, 9.17) is 0 Å². The summed E-state index contributed by atoms with van der Waals surface area (Å²) in [6.07, 6.45) is 4.86. The average Bonchev–Trinajstić information content (AvgIpc) is 3.49. The second-order valence-electron chi connectivity index (χ2n) is 11.6. The predicted molar refractivity (Wildman–Crippen MR) is 158 cm³/mol. The number of anilines is 2. The molecule has 0 radical (unpaired) electrons. The fourth-order valence-electron chi connectivity index (χ4n) is 6.19. The van der Waals surface area contributed by atoms with Crippen LogP contribution < -0.4 is 10.2 Å². The highest BCUT2D eigenvalue weighted by atomic mass is 16.3. The van der Waals surface area contributed by atoms with Gasteiger partial charge in [-0.25, -0.2) is 4.98 Å². The van der Waals surface area contributed by atoms with Gasteiger partial charge in [0.15, 0.2) is 5.82 Å². The molecular weight excluding hydrogens is 520 g/mol. The molecule has 3 amide bonds. The van der Waals surface area contributed by atoms with Crippen LogP contribution in [0.15, 0.2) is 42.6 Å². The van der Waals surface area contributed by atoms with Crippen LogP contribution >= 0.6 is 0 Å². The fourth-order valence-corrected chi connectivity index (χ4v) is 6.19. The number of nitrogens with one attached hydrogen (secondary N) is 1. The van der Waals surface area contributed by atoms with E-state index in [1.54, 1.807) is 35.4 Å². The van der Waals surface area contributed by atoms with Gasteiger partial charge in [-0.2, -0.15) is 0 Å². The smallest absolute Gasteiger partial charge is 0.253 e. The van der Waals surface area contributed by atoms with Crippen molar-refractivity contribution in [3.8, 4) is 0 Å². The number of pyridine rings is 1. The van der Waals surface area contributed by atoms with Crippen molar-refractivity contribution in [3.63, 3.8) is 0 Å². The van der Waals surface area contributed by atoms with Crippen molar-refractivity contribution in [1.82, 2.24) is 19.7 Å². The maximum Gasteiger partial charge on any atom is 0.253 e. The molecule has 0 saturated carbocycles. The van der Waals surface area contributed by atoms with Gasteiger partial charge in [-0.05, 0) is 75.9 Å². The Bertz CT molecular complexity index is 1220. The molecule has 0 aliphatic carbocycles. The van der Waals surface area contributed by atoms with E-state index in [2.05, 4.69) is 29.0 Å². The molecule has 220 valence electrons. The van der Waals surface area contributed by atoms with E-state index < -0.39 is 0 Å². The summed E-state index contributed by atoms with van der Waals surface area (Å²) in [5, 5.41) is 13.0. The van der Waals surface area contributed by atoms with Crippen LogP contribution in [0, 0.1) is 5.92 Å². The van der Waals surface area contributed by atoms with Crippen LogP contribution in [0.25, 0.3) is 0 Å². The number of likely N-dealkylation sites (tertiary alicyclic amines) is 2. The van der Waals surface area contributed by atoms with Gasteiger partial charge in [-0.1, -0.05) is 0 Å². The standard InChI is InChI=1S/C31H42N6O4/c1-22(2)33-27-6-3-13-32-28(27)34-17-19-36(20-18-34)30(40)24-9-7-23(8-10-24)29(39)35-15-11-25(12-16-35)31(41)37-14-4-5-26(37)21-38/h3,6-10,13,22,25-26,33,38H,4-5,11-12,14-21H2,1-2H3/t26-/m0/s1. The molecule has 10 heteroatoms. The van der Waals surface area contributed by atoms with Gasteiger partial charge in [-0.3, -0.25) is 14.4 Å². The van der Waals surface area contributed by atoms with Gasteiger partial charge in [0.25, 0.3) is 11.8 Å².